The van der Waals surface area contributed by atoms with E-state index < -0.39 is 11.7 Å². The summed E-state index contributed by atoms with van der Waals surface area (Å²) in [6.07, 6.45) is 0.191. The molecule has 0 aromatic heterocycles. The number of piperidine rings is 1. The topological polar surface area (TPSA) is 76.7 Å². The van der Waals surface area contributed by atoms with Crippen molar-refractivity contribution in [3.8, 4) is 0 Å². The van der Waals surface area contributed by atoms with E-state index in [-0.39, 0.29) is 17.9 Å². The van der Waals surface area contributed by atoms with E-state index in [2.05, 4.69) is 10.6 Å². The standard InChI is InChI=1S/C13H24N2O4/c1-5-18-11(16)9-8-14-7-6-10(9)15-12(17)19-13(2,3)4/h9-10,14H,5-8H2,1-4H3,(H,15,17)/t9-,10-/m0/s1. The Morgan fingerprint density at radius 3 is 2.63 bits per heavy atom. The smallest absolute Gasteiger partial charge is 0.407 e. The molecule has 2 atom stereocenters. The van der Waals surface area contributed by atoms with Gasteiger partial charge in [0.05, 0.1) is 12.5 Å². The summed E-state index contributed by atoms with van der Waals surface area (Å²) in [6, 6.07) is -0.241. The number of ether oxygens (including phenoxy) is 2. The van der Waals surface area contributed by atoms with E-state index in [1.165, 1.54) is 0 Å². The van der Waals surface area contributed by atoms with Gasteiger partial charge in [0.25, 0.3) is 0 Å². The molecule has 0 saturated carbocycles. The Morgan fingerprint density at radius 1 is 1.37 bits per heavy atom. The molecule has 1 aliphatic heterocycles. The van der Waals surface area contributed by atoms with Crippen molar-refractivity contribution in [2.45, 2.75) is 45.8 Å². The van der Waals surface area contributed by atoms with Gasteiger partial charge in [0.1, 0.15) is 5.60 Å². The first-order valence-electron chi connectivity index (χ1n) is 6.70. The monoisotopic (exact) mass is 272 g/mol. The van der Waals surface area contributed by atoms with Crippen LogP contribution >= 0.6 is 0 Å². The second-order valence-electron chi connectivity index (χ2n) is 5.60. The van der Waals surface area contributed by atoms with Crippen LogP contribution in [-0.2, 0) is 14.3 Å². The number of carbonyl (C=O) groups excluding carboxylic acids is 2. The number of carbonyl (C=O) groups is 2. The molecule has 6 heteroatoms. The largest absolute Gasteiger partial charge is 0.466 e. The number of amides is 1. The van der Waals surface area contributed by atoms with Crippen LogP contribution in [0.1, 0.15) is 34.1 Å². The van der Waals surface area contributed by atoms with Crippen LogP contribution in [0.2, 0.25) is 0 Å². The number of hydrogen-bond donors (Lipinski definition) is 2. The minimum atomic E-state index is -0.545. The molecule has 0 aromatic carbocycles. The van der Waals surface area contributed by atoms with Gasteiger partial charge in [0.15, 0.2) is 0 Å². The maximum Gasteiger partial charge on any atom is 0.407 e. The number of hydrogen-bond acceptors (Lipinski definition) is 5. The summed E-state index contributed by atoms with van der Waals surface area (Å²) in [7, 11) is 0. The van der Waals surface area contributed by atoms with Crippen LogP contribution in [0.3, 0.4) is 0 Å². The van der Waals surface area contributed by atoms with Crippen molar-refractivity contribution in [2.24, 2.45) is 5.92 Å². The quantitative estimate of drug-likeness (QED) is 0.751. The Morgan fingerprint density at radius 2 is 2.05 bits per heavy atom. The molecule has 1 fully saturated rings. The number of nitrogens with one attached hydrogen (secondary N) is 2. The van der Waals surface area contributed by atoms with Gasteiger partial charge in [-0.3, -0.25) is 4.79 Å². The maximum absolute atomic E-state index is 11.8. The third-order valence-corrected chi connectivity index (χ3v) is 2.77. The lowest BCUT2D eigenvalue weighted by Gasteiger charge is -2.31. The van der Waals surface area contributed by atoms with Crippen molar-refractivity contribution < 1.29 is 19.1 Å². The molecule has 1 saturated heterocycles. The Labute approximate surface area is 114 Å². The second-order valence-corrected chi connectivity index (χ2v) is 5.60. The van der Waals surface area contributed by atoms with Crippen molar-refractivity contribution in [3.05, 3.63) is 0 Å². The lowest BCUT2D eigenvalue weighted by Crippen LogP contribution is -2.53. The van der Waals surface area contributed by atoms with E-state index in [1.54, 1.807) is 27.7 Å². The zero-order chi connectivity index (χ0) is 14.5. The zero-order valence-corrected chi connectivity index (χ0v) is 12.1. The fraction of sp³-hybridized carbons (Fsp3) is 0.846. The average Bonchev–Trinajstić information content (AvgIpc) is 2.27. The Kier molecular flexibility index (Phi) is 5.60. The third-order valence-electron chi connectivity index (χ3n) is 2.77. The summed E-state index contributed by atoms with van der Waals surface area (Å²) < 4.78 is 10.2. The summed E-state index contributed by atoms with van der Waals surface area (Å²) in [5.41, 5.74) is -0.545. The van der Waals surface area contributed by atoms with Gasteiger partial charge in [-0.05, 0) is 40.7 Å². The summed E-state index contributed by atoms with van der Waals surface area (Å²) in [4.78, 5) is 23.6. The SMILES string of the molecule is CCOC(=O)[C@H]1CNCC[C@@H]1NC(=O)OC(C)(C)C. The molecule has 0 aromatic rings. The van der Waals surface area contributed by atoms with Gasteiger partial charge in [0, 0.05) is 12.6 Å². The van der Waals surface area contributed by atoms with Crippen LogP contribution in [-0.4, -0.2) is 43.4 Å². The zero-order valence-electron chi connectivity index (χ0n) is 12.1. The number of rotatable bonds is 3. The molecule has 1 rings (SSSR count). The van der Waals surface area contributed by atoms with E-state index in [0.29, 0.717) is 19.6 Å². The van der Waals surface area contributed by atoms with Gasteiger partial charge in [0.2, 0.25) is 0 Å². The van der Waals surface area contributed by atoms with Crippen molar-refractivity contribution in [1.82, 2.24) is 10.6 Å². The van der Waals surface area contributed by atoms with E-state index in [1.807, 2.05) is 0 Å². The van der Waals surface area contributed by atoms with Gasteiger partial charge in [-0.15, -0.1) is 0 Å². The second kappa shape index (κ2) is 6.75. The minimum absolute atomic E-state index is 0.241. The van der Waals surface area contributed by atoms with Gasteiger partial charge >= 0.3 is 12.1 Å². The normalized spacial score (nSPS) is 23.6. The molecule has 1 aliphatic rings. The minimum Gasteiger partial charge on any atom is -0.466 e. The predicted octanol–water partition coefficient (Wildman–Crippen LogP) is 1.05. The van der Waals surface area contributed by atoms with Gasteiger partial charge < -0.3 is 20.1 Å². The lowest BCUT2D eigenvalue weighted by atomic mass is 9.93. The molecule has 1 heterocycles. The van der Waals surface area contributed by atoms with Gasteiger partial charge in [-0.1, -0.05) is 0 Å². The summed E-state index contributed by atoms with van der Waals surface area (Å²) in [5.74, 6) is -0.642. The summed E-state index contributed by atoms with van der Waals surface area (Å²) in [6.45, 7) is 8.79. The highest BCUT2D eigenvalue weighted by Crippen LogP contribution is 2.15. The molecule has 19 heavy (non-hydrogen) atoms. The van der Waals surface area contributed by atoms with Crippen LogP contribution in [0.5, 0.6) is 0 Å². The fourth-order valence-electron chi connectivity index (χ4n) is 1.99. The highest BCUT2D eigenvalue weighted by Gasteiger charge is 2.34. The van der Waals surface area contributed by atoms with Crippen molar-refractivity contribution in [2.75, 3.05) is 19.7 Å². The highest BCUT2D eigenvalue weighted by atomic mass is 16.6. The van der Waals surface area contributed by atoms with Crippen LogP contribution in [0, 0.1) is 5.92 Å². The van der Waals surface area contributed by atoms with Gasteiger partial charge in [-0.2, -0.15) is 0 Å². The third kappa shape index (κ3) is 5.46. The molecular formula is C13H24N2O4. The van der Waals surface area contributed by atoms with Crippen molar-refractivity contribution in [1.29, 1.82) is 0 Å². The van der Waals surface area contributed by atoms with Gasteiger partial charge in [-0.25, -0.2) is 4.79 Å². The molecule has 1 amide bonds. The van der Waals surface area contributed by atoms with Crippen molar-refractivity contribution in [3.63, 3.8) is 0 Å². The van der Waals surface area contributed by atoms with E-state index >= 15 is 0 Å². The first kappa shape index (κ1) is 15.8. The van der Waals surface area contributed by atoms with Crippen LogP contribution < -0.4 is 10.6 Å². The highest BCUT2D eigenvalue weighted by molar-refractivity contribution is 5.75. The molecule has 0 radical (unpaired) electrons. The Hall–Kier alpha value is -1.30. The molecule has 6 nitrogen and oxygen atoms in total. The molecule has 0 spiro atoms. The first-order chi connectivity index (χ1) is 8.83. The van der Waals surface area contributed by atoms with Crippen LogP contribution in [0.4, 0.5) is 4.79 Å². The molecule has 110 valence electrons. The molecule has 0 unspecified atom stereocenters. The average molecular weight is 272 g/mol. The summed E-state index contributed by atoms with van der Waals surface area (Å²) >= 11 is 0. The van der Waals surface area contributed by atoms with Crippen LogP contribution in [0.25, 0.3) is 0 Å². The van der Waals surface area contributed by atoms with E-state index in [4.69, 9.17) is 9.47 Å². The number of alkyl carbamates (subject to hydrolysis) is 1. The molecular weight excluding hydrogens is 248 g/mol. The van der Waals surface area contributed by atoms with Crippen LogP contribution in [0.15, 0.2) is 0 Å². The maximum atomic E-state index is 11.8. The number of esters is 1. The van der Waals surface area contributed by atoms with Crippen molar-refractivity contribution >= 4 is 12.1 Å². The fourth-order valence-corrected chi connectivity index (χ4v) is 1.99. The Bertz CT molecular complexity index is 325. The predicted molar refractivity (Wildman–Crippen MR) is 70.8 cm³/mol. The molecule has 0 aliphatic carbocycles. The molecule has 0 bridgehead atoms. The molecule has 2 N–H and O–H groups in total. The van der Waals surface area contributed by atoms with E-state index in [9.17, 15) is 9.59 Å². The Balaban J connectivity index is 2.57. The first-order valence-corrected chi connectivity index (χ1v) is 6.70. The summed E-state index contributed by atoms with van der Waals surface area (Å²) in [5, 5.41) is 5.90. The van der Waals surface area contributed by atoms with E-state index in [0.717, 1.165) is 6.54 Å². The lowest BCUT2D eigenvalue weighted by molar-refractivity contribution is -0.149.